The Morgan fingerprint density at radius 1 is 1.08 bits per heavy atom. The average Bonchev–Trinajstić information content (AvgIpc) is 3.54. The fourth-order valence-electron chi connectivity index (χ4n) is 4.14. The van der Waals surface area contributed by atoms with E-state index in [1.165, 1.54) is 37.1 Å². The highest BCUT2D eigenvalue weighted by molar-refractivity contribution is 8.00. The number of nitro groups is 1. The van der Waals surface area contributed by atoms with Crippen molar-refractivity contribution in [1.29, 1.82) is 0 Å². The fraction of sp³-hybridized carbons (Fsp3) is 0.111. The lowest BCUT2D eigenvalue weighted by atomic mass is 9.95. The molecule has 1 atom stereocenters. The second kappa shape index (κ2) is 11.1. The Balaban J connectivity index is 1.58. The van der Waals surface area contributed by atoms with Crippen molar-refractivity contribution in [3.8, 4) is 5.75 Å². The van der Waals surface area contributed by atoms with Crippen LogP contribution in [0.25, 0.3) is 5.76 Å². The Morgan fingerprint density at radius 3 is 2.51 bits per heavy atom. The van der Waals surface area contributed by atoms with Gasteiger partial charge in [-0.25, -0.2) is 0 Å². The number of thioether (sulfide) groups is 1. The molecule has 0 spiro atoms. The number of ether oxygens (including phenoxy) is 1. The van der Waals surface area contributed by atoms with Crippen molar-refractivity contribution in [2.75, 3.05) is 12.0 Å². The maximum absolute atomic E-state index is 13.4. The number of Topliss-reactive ketones (excluding diaryl/α,β-unsaturated/α-hetero) is 1. The van der Waals surface area contributed by atoms with E-state index in [1.54, 1.807) is 30.3 Å². The van der Waals surface area contributed by atoms with E-state index >= 15 is 0 Å². The van der Waals surface area contributed by atoms with Gasteiger partial charge in [0.25, 0.3) is 11.5 Å². The first kappa shape index (κ1) is 26.1. The van der Waals surface area contributed by atoms with Crippen LogP contribution in [0.4, 0.5) is 10.8 Å². The molecule has 5 rings (SSSR count). The quantitative estimate of drug-likeness (QED) is 0.0573. The predicted molar refractivity (Wildman–Crippen MR) is 147 cm³/mol. The topological polar surface area (TPSA) is 136 Å². The number of rotatable bonds is 8. The normalized spacial score (nSPS) is 16.4. The van der Waals surface area contributed by atoms with Gasteiger partial charge in [0.2, 0.25) is 5.13 Å². The molecule has 10 nitrogen and oxygen atoms in total. The van der Waals surface area contributed by atoms with Crippen LogP contribution >= 0.6 is 23.1 Å². The zero-order valence-corrected chi connectivity index (χ0v) is 22.0. The lowest BCUT2D eigenvalue weighted by Crippen LogP contribution is -2.29. The first-order valence-electron chi connectivity index (χ1n) is 11.6. The highest BCUT2D eigenvalue weighted by Crippen LogP contribution is 2.44. The predicted octanol–water partition coefficient (Wildman–Crippen LogP) is 5.37. The third kappa shape index (κ3) is 5.24. The van der Waals surface area contributed by atoms with Crippen LogP contribution in [0, 0.1) is 10.1 Å². The van der Waals surface area contributed by atoms with Crippen LogP contribution in [0.2, 0.25) is 0 Å². The second-order valence-electron chi connectivity index (χ2n) is 8.37. The molecule has 1 aliphatic heterocycles. The molecule has 196 valence electrons. The minimum Gasteiger partial charge on any atom is -0.507 e. The fourth-order valence-corrected chi connectivity index (χ4v) is 5.96. The van der Waals surface area contributed by atoms with Crippen LogP contribution < -0.4 is 9.64 Å². The summed E-state index contributed by atoms with van der Waals surface area (Å²) in [6.07, 6.45) is 0. The summed E-state index contributed by atoms with van der Waals surface area (Å²) in [4.78, 5) is 38.8. The van der Waals surface area contributed by atoms with Crippen molar-refractivity contribution in [3.63, 3.8) is 0 Å². The molecule has 1 N–H and O–H groups in total. The van der Waals surface area contributed by atoms with Crippen molar-refractivity contribution < 1.29 is 24.4 Å². The van der Waals surface area contributed by atoms with Crippen LogP contribution in [0.5, 0.6) is 5.75 Å². The molecule has 12 heteroatoms. The molecule has 0 saturated carbocycles. The van der Waals surface area contributed by atoms with Gasteiger partial charge < -0.3 is 9.84 Å². The second-order valence-corrected chi connectivity index (χ2v) is 10.6. The van der Waals surface area contributed by atoms with Crippen LogP contribution in [0.3, 0.4) is 0 Å². The summed E-state index contributed by atoms with van der Waals surface area (Å²) in [5.41, 5.74) is 1.20. The molecule has 4 aromatic rings. The lowest BCUT2D eigenvalue weighted by Gasteiger charge is -2.22. The molecule has 1 fully saturated rings. The van der Waals surface area contributed by atoms with Crippen LogP contribution in [0.15, 0.2) is 88.8 Å². The maximum atomic E-state index is 13.4. The number of carbonyl (C=O) groups is 2. The number of methoxy groups -OCH3 is 1. The van der Waals surface area contributed by atoms with Gasteiger partial charge in [-0.3, -0.25) is 24.6 Å². The lowest BCUT2D eigenvalue weighted by molar-refractivity contribution is -0.384. The molecular formula is C27H20N4O6S2. The van der Waals surface area contributed by atoms with Crippen molar-refractivity contribution in [3.05, 3.63) is 111 Å². The van der Waals surface area contributed by atoms with Crippen LogP contribution in [0.1, 0.15) is 22.7 Å². The summed E-state index contributed by atoms with van der Waals surface area (Å²) in [5, 5.41) is 31.2. The number of hydrogen-bond donors (Lipinski definition) is 1. The number of hydrogen-bond acceptors (Lipinski definition) is 10. The standard InChI is InChI=1S/C27H20N4O6S2/c1-37-20-12-10-17(11-13-20)23(32)21-22(18-8-5-9-19(14-18)31(35)36)30(25(34)24(21)33)26-28-29-27(39-26)38-15-16-6-3-2-4-7-16/h2-14,22,32H,15H2,1H3/b23-21-. The van der Waals surface area contributed by atoms with E-state index in [4.69, 9.17) is 4.74 Å². The van der Waals surface area contributed by atoms with E-state index in [0.717, 1.165) is 21.8 Å². The number of ketones is 1. The molecule has 1 unspecified atom stereocenters. The number of benzene rings is 3. The molecule has 1 aliphatic rings. The van der Waals surface area contributed by atoms with Gasteiger partial charge in [-0.1, -0.05) is 65.6 Å². The summed E-state index contributed by atoms with van der Waals surface area (Å²) in [6, 6.07) is 20.5. The van der Waals surface area contributed by atoms with Gasteiger partial charge in [-0.15, -0.1) is 10.2 Å². The Labute approximate surface area is 230 Å². The summed E-state index contributed by atoms with van der Waals surface area (Å²) in [7, 11) is 1.50. The number of anilines is 1. The number of aromatic nitrogens is 2. The number of nitro benzene ring substituents is 1. The van der Waals surface area contributed by atoms with Gasteiger partial charge in [0, 0.05) is 23.4 Å². The number of aliphatic hydroxyl groups excluding tert-OH is 1. The Bertz CT molecular complexity index is 1590. The summed E-state index contributed by atoms with van der Waals surface area (Å²) in [5.74, 6) is -1.11. The molecule has 3 aromatic carbocycles. The molecular weight excluding hydrogens is 540 g/mol. The number of amides is 1. The molecule has 0 bridgehead atoms. The van der Waals surface area contributed by atoms with Crippen molar-refractivity contribution >= 4 is 51.4 Å². The Hall–Kier alpha value is -4.55. The first-order chi connectivity index (χ1) is 18.9. The Kier molecular flexibility index (Phi) is 7.39. The monoisotopic (exact) mass is 560 g/mol. The largest absolute Gasteiger partial charge is 0.507 e. The van der Waals surface area contributed by atoms with E-state index < -0.39 is 28.4 Å². The van der Waals surface area contributed by atoms with E-state index in [2.05, 4.69) is 10.2 Å². The van der Waals surface area contributed by atoms with Gasteiger partial charge in [0.05, 0.1) is 23.6 Å². The number of nitrogens with zero attached hydrogens (tertiary/aromatic N) is 4. The summed E-state index contributed by atoms with van der Waals surface area (Å²) < 4.78 is 5.73. The number of carbonyl (C=O) groups excluding carboxylic acids is 2. The molecule has 1 aromatic heterocycles. The van der Waals surface area contributed by atoms with E-state index in [-0.39, 0.29) is 27.5 Å². The van der Waals surface area contributed by atoms with Gasteiger partial charge in [-0.2, -0.15) is 0 Å². The van der Waals surface area contributed by atoms with Gasteiger partial charge >= 0.3 is 5.91 Å². The SMILES string of the molecule is COc1ccc(/C(O)=C2/C(=O)C(=O)N(c3nnc(SCc4ccccc4)s3)C2c2cccc([N+](=O)[O-])c2)cc1. The van der Waals surface area contributed by atoms with Crippen molar-refractivity contribution in [2.45, 2.75) is 16.1 Å². The van der Waals surface area contributed by atoms with Crippen LogP contribution in [-0.2, 0) is 15.3 Å². The molecule has 1 saturated heterocycles. The van der Waals surface area contributed by atoms with Crippen LogP contribution in [-0.4, -0.2) is 39.0 Å². The highest BCUT2D eigenvalue weighted by Gasteiger charge is 2.48. The third-order valence-electron chi connectivity index (χ3n) is 6.01. The maximum Gasteiger partial charge on any atom is 0.301 e. The zero-order valence-electron chi connectivity index (χ0n) is 20.4. The van der Waals surface area contributed by atoms with Gasteiger partial charge in [-0.05, 0) is 35.4 Å². The van der Waals surface area contributed by atoms with Gasteiger partial charge in [0.1, 0.15) is 11.5 Å². The molecule has 0 radical (unpaired) electrons. The molecule has 39 heavy (non-hydrogen) atoms. The minimum absolute atomic E-state index is 0.137. The summed E-state index contributed by atoms with van der Waals surface area (Å²) in [6.45, 7) is 0. The highest BCUT2D eigenvalue weighted by atomic mass is 32.2. The smallest absolute Gasteiger partial charge is 0.301 e. The molecule has 1 amide bonds. The first-order valence-corrected chi connectivity index (χ1v) is 13.4. The minimum atomic E-state index is -1.16. The molecule has 0 aliphatic carbocycles. The number of non-ortho nitro benzene ring substituents is 1. The van der Waals surface area contributed by atoms with E-state index in [9.17, 15) is 24.8 Å². The van der Waals surface area contributed by atoms with Crippen molar-refractivity contribution in [1.82, 2.24) is 10.2 Å². The third-order valence-corrected chi connectivity index (χ3v) is 8.14. The van der Waals surface area contributed by atoms with E-state index in [0.29, 0.717) is 15.8 Å². The van der Waals surface area contributed by atoms with E-state index in [1.807, 2.05) is 30.3 Å². The average molecular weight is 561 g/mol. The molecule has 2 heterocycles. The summed E-state index contributed by atoms with van der Waals surface area (Å²) >= 11 is 2.54. The Morgan fingerprint density at radius 2 is 1.82 bits per heavy atom. The zero-order chi connectivity index (χ0) is 27.5. The van der Waals surface area contributed by atoms with Gasteiger partial charge in [0.15, 0.2) is 4.34 Å². The van der Waals surface area contributed by atoms with Crippen molar-refractivity contribution in [2.24, 2.45) is 0 Å². The number of aliphatic hydroxyl groups is 1.